The van der Waals surface area contributed by atoms with E-state index in [2.05, 4.69) is 11.9 Å². The fourth-order valence-electron chi connectivity index (χ4n) is 1.98. The standard InChI is InChI=1S/C12H17FN2S/c1-15(11-4-5-16-8-11)7-9-2-3-10(13)6-12(9)14/h2-3,6,11H,4-5,7-8,14H2,1H3. The SMILES string of the molecule is CN(Cc1ccc(F)cc1N)C1CCSC1. The van der Waals surface area contributed by atoms with Crippen LogP contribution in [0.15, 0.2) is 18.2 Å². The Labute approximate surface area is 100 Å². The molecule has 1 aromatic rings. The highest BCUT2D eigenvalue weighted by molar-refractivity contribution is 7.99. The summed E-state index contributed by atoms with van der Waals surface area (Å²) >= 11 is 1.99. The van der Waals surface area contributed by atoms with Crippen molar-refractivity contribution in [2.24, 2.45) is 0 Å². The molecule has 0 aliphatic carbocycles. The summed E-state index contributed by atoms with van der Waals surface area (Å²) in [5, 5.41) is 0. The summed E-state index contributed by atoms with van der Waals surface area (Å²) in [6.07, 6.45) is 1.24. The molecule has 0 bridgehead atoms. The Morgan fingerprint density at radius 3 is 3.00 bits per heavy atom. The van der Waals surface area contributed by atoms with Crippen LogP contribution in [0.4, 0.5) is 10.1 Å². The number of halogens is 1. The zero-order valence-electron chi connectivity index (χ0n) is 9.45. The molecule has 1 saturated heterocycles. The van der Waals surface area contributed by atoms with Gasteiger partial charge in [-0.1, -0.05) is 6.07 Å². The maximum absolute atomic E-state index is 12.9. The van der Waals surface area contributed by atoms with Gasteiger partial charge in [-0.3, -0.25) is 4.90 Å². The lowest BCUT2D eigenvalue weighted by molar-refractivity contribution is 0.255. The predicted octanol–water partition coefficient (Wildman–Crippen LogP) is 2.35. The van der Waals surface area contributed by atoms with Crippen LogP contribution < -0.4 is 5.73 Å². The molecule has 0 radical (unpaired) electrons. The Morgan fingerprint density at radius 1 is 1.56 bits per heavy atom. The molecule has 16 heavy (non-hydrogen) atoms. The van der Waals surface area contributed by atoms with Crippen LogP contribution in [-0.4, -0.2) is 29.5 Å². The third-order valence-corrected chi connectivity index (χ3v) is 4.20. The number of hydrogen-bond donors (Lipinski definition) is 1. The van der Waals surface area contributed by atoms with Crippen molar-refractivity contribution in [1.82, 2.24) is 4.90 Å². The summed E-state index contributed by atoms with van der Waals surface area (Å²) in [5.74, 6) is 2.17. The third-order valence-electron chi connectivity index (χ3n) is 3.06. The normalized spacial score (nSPS) is 20.6. The number of benzene rings is 1. The van der Waals surface area contributed by atoms with E-state index < -0.39 is 0 Å². The smallest absolute Gasteiger partial charge is 0.125 e. The van der Waals surface area contributed by atoms with E-state index in [1.54, 1.807) is 6.07 Å². The van der Waals surface area contributed by atoms with Gasteiger partial charge in [0.2, 0.25) is 0 Å². The van der Waals surface area contributed by atoms with Gasteiger partial charge < -0.3 is 5.73 Å². The summed E-state index contributed by atoms with van der Waals surface area (Å²) in [4.78, 5) is 2.31. The Hall–Kier alpha value is -0.740. The molecular formula is C12H17FN2S. The molecule has 1 aromatic carbocycles. The third kappa shape index (κ3) is 2.68. The van der Waals surface area contributed by atoms with E-state index >= 15 is 0 Å². The zero-order valence-corrected chi connectivity index (χ0v) is 10.3. The van der Waals surface area contributed by atoms with E-state index in [4.69, 9.17) is 5.73 Å². The van der Waals surface area contributed by atoms with Crippen molar-refractivity contribution in [3.8, 4) is 0 Å². The summed E-state index contributed by atoms with van der Waals surface area (Å²) in [5.41, 5.74) is 7.36. The first-order valence-corrected chi connectivity index (χ1v) is 6.64. The van der Waals surface area contributed by atoms with Crippen molar-refractivity contribution >= 4 is 17.4 Å². The lowest BCUT2D eigenvalue weighted by Gasteiger charge is -2.24. The number of thioether (sulfide) groups is 1. The highest BCUT2D eigenvalue weighted by Crippen LogP contribution is 2.24. The quantitative estimate of drug-likeness (QED) is 0.822. The molecular weight excluding hydrogens is 223 g/mol. The second-order valence-electron chi connectivity index (χ2n) is 4.28. The maximum atomic E-state index is 12.9. The number of anilines is 1. The molecule has 1 unspecified atom stereocenters. The molecule has 2 nitrogen and oxygen atoms in total. The number of rotatable bonds is 3. The molecule has 1 aliphatic rings. The average Bonchev–Trinajstić information content (AvgIpc) is 2.75. The number of hydrogen-bond acceptors (Lipinski definition) is 3. The monoisotopic (exact) mass is 240 g/mol. The largest absolute Gasteiger partial charge is 0.398 e. The fraction of sp³-hybridized carbons (Fsp3) is 0.500. The van der Waals surface area contributed by atoms with E-state index in [0.717, 1.165) is 12.1 Å². The lowest BCUT2D eigenvalue weighted by atomic mass is 10.1. The summed E-state index contributed by atoms with van der Waals surface area (Å²) < 4.78 is 12.9. The van der Waals surface area contributed by atoms with E-state index in [1.165, 1.54) is 30.1 Å². The highest BCUT2D eigenvalue weighted by Gasteiger charge is 2.20. The lowest BCUT2D eigenvalue weighted by Crippen LogP contribution is -2.31. The first-order chi connectivity index (χ1) is 7.66. The van der Waals surface area contributed by atoms with Crippen molar-refractivity contribution < 1.29 is 4.39 Å². The average molecular weight is 240 g/mol. The first-order valence-electron chi connectivity index (χ1n) is 5.48. The Morgan fingerprint density at radius 2 is 2.38 bits per heavy atom. The topological polar surface area (TPSA) is 29.3 Å². The molecule has 1 fully saturated rings. The van der Waals surface area contributed by atoms with Crippen LogP contribution in [0.3, 0.4) is 0 Å². The number of nitrogens with two attached hydrogens (primary N) is 1. The van der Waals surface area contributed by atoms with Gasteiger partial charge in [0.15, 0.2) is 0 Å². The minimum Gasteiger partial charge on any atom is -0.398 e. The van der Waals surface area contributed by atoms with Crippen LogP contribution in [0, 0.1) is 5.82 Å². The molecule has 1 heterocycles. The van der Waals surface area contributed by atoms with Gasteiger partial charge in [0.05, 0.1) is 0 Å². The van der Waals surface area contributed by atoms with Crippen LogP contribution in [0.5, 0.6) is 0 Å². The molecule has 1 aliphatic heterocycles. The summed E-state index contributed by atoms with van der Waals surface area (Å²) in [6, 6.07) is 5.29. The second kappa shape index (κ2) is 5.06. The first kappa shape index (κ1) is 11.7. The Kier molecular flexibility index (Phi) is 3.71. The minimum absolute atomic E-state index is 0.264. The fourth-order valence-corrected chi connectivity index (χ4v) is 3.28. The van der Waals surface area contributed by atoms with Crippen LogP contribution >= 0.6 is 11.8 Å². The number of nitrogen functional groups attached to an aromatic ring is 1. The number of nitrogens with zero attached hydrogens (tertiary/aromatic N) is 1. The van der Waals surface area contributed by atoms with Crippen molar-refractivity contribution in [2.75, 3.05) is 24.3 Å². The van der Waals surface area contributed by atoms with E-state index in [0.29, 0.717) is 11.7 Å². The van der Waals surface area contributed by atoms with Gasteiger partial charge in [-0.2, -0.15) is 11.8 Å². The van der Waals surface area contributed by atoms with Gasteiger partial charge in [0, 0.05) is 24.0 Å². The van der Waals surface area contributed by atoms with E-state index in [9.17, 15) is 4.39 Å². The Bertz CT molecular complexity index is 364. The minimum atomic E-state index is -0.264. The molecule has 2 N–H and O–H groups in total. The van der Waals surface area contributed by atoms with Crippen LogP contribution in [0.2, 0.25) is 0 Å². The molecule has 2 rings (SSSR count). The molecule has 1 atom stereocenters. The van der Waals surface area contributed by atoms with Crippen molar-refractivity contribution in [1.29, 1.82) is 0 Å². The van der Waals surface area contributed by atoms with Gasteiger partial charge in [0.25, 0.3) is 0 Å². The molecule has 0 amide bonds. The van der Waals surface area contributed by atoms with Crippen molar-refractivity contribution in [3.05, 3.63) is 29.6 Å². The second-order valence-corrected chi connectivity index (χ2v) is 5.43. The molecule has 0 saturated carbocycles. The molecule has 0 aromatic heterocycles. The summed E-state index contributed by atoms with van der Waals surface area (Å²) in [7, 11) is 2.11. The highest BCUT2D eigenvalue weighted by atomic mass is 32.2. The van der Waals surface area contributed by atoms with Gasteiger partial charge in [-0.05, 0) is 36.9 Å². The van der Waals surface area contributed by atoms with Crippen LogP contribution in [0.25, 0.3) is 0 Å². The van der Waals surface area contributed by atoms with Gasteiger partial charge in [-0.15, -0.1) is 0 Å². The van der Waals surface area contributed by atoms with E-state index in [1.807, 2.05) is 11.8 Å². The van der Waals surface area contributed by atoms with Crippen LogP contribution in [-0.2, 0) is 6.54 Å². The molecule has 88 valence electrons. The van der Waals surface area contributed by atoms with Crippen molar-refractivity contribution in [3.63, 3.8) is 0 Å². The van der Waals surface area contributed by atoms with E-state index in [-0.39, 0.29) is 5.82 Å². The zero-order chi connectivity index (χ0) is 11.5. The van der Waals surface area contributed by atoms with Crippen LogP contribution in [0.1, 0.15) is 12.0 Å². The maximum Gasteiger partial charge on any atom is 0.125 e. The van der Waals surface area contributed by atoms with Gasteiger partial charge in [-0.25, -0.2) is 4.39 Å². The van der Waals surface area contributed by atoms with Crippen molar-refractivity contribution in [2.45, 2.75) is 19.0 Å². The summed E-state index contributed by atoms with van der Waals surface area (Å²) in [6.45, 7) is 0.803. The van der Waals surface area contributed by atoms with Gasteiger partial charge >= 0.3 is 0 Å². The Balaban J connectivity index is 2.02. The molecule has 0 spiro atoms. The van der Waals surface area contributed by atoms with Gasteiger partial charge in [0.1, 0.15) is 5.82 Å². The molecule has 4 heteroatoms. The predicted molar refractivity (Wildman–Crippen MR) is 68.0 cm³/mol.